The van der Waals surface area contributed by atoms with Crippen molar-refractivity contribution in [3.8, 4) is 0 Å². The lowest BCUT2D eigenvalue weighted by molar-refractivity contribution is -0.118. The van der Waals surface area contributed by atoms with E-state index in [1.165, 1.54) is 4.90 Å². The Bertz CT molecular complexity index is 1170. The molecule has 2 rings (SSSR count). The molecule has 0 fully saturated rings. The maximum absolute atomic E-state index is 13.1. The SMILES string of the molecule is C=CCOCC(COCC(COCC(COCC(COCC(CN1C(=O)c2ccccc2C1=O)OCCCC)OCCCC)OCCCC)OCCCC)OCCCC. The van der Waals surface area contributed by atoms with E-state index in [2.05, 4.69) is 41.2 Å². The molecule has 13 heteroatoms. The third-order valence-electron chi connectivity index (χ3n) is 9.49. The predicted octanol–water partition coefficient (Wildman–Crippen LogP) is 7.48. The van der Waals surface area contributed by atoms with Gasteiger partial charge in [0.25, 0.3) is 11.8 Å². The highest BCUT2D eigenvalue weighted by Gasteiger charge is 2.36. The van der Waals surface area contributed by atoms with Gasteiger partial charge in [-0.1, -0.05) is 84.9 Å². The van der Waals surface area contributed by atoms with Crippen molar-refractivity contribution in [2.75, 3.05) is 106 Å². The Morgan fingerprint density at radius 2 is 0.763 bits per heavy atom. The predicted molar refractivity (Wildman–Crippen MR) is 229 cm³/mol. The summed E-state index contributed by atoms with van der Waals surface area (Å²) in [4.78, 5) is 27.4. The van der Waals surface area contributed by atoms with E-state index in [0.29, 0.717) is 97.0 Å². The van der Waals surface area contributed by atoms with Gasteiger partial charge in [-0.25, -0.2) is 0 Å². The molecule has 0 spiro atoms. The van der Waals surface area contributed by atoms with Crippen LogP contribution in [0.5, 0.6) is 0 Å². The van der Waals surface area contributed by atoms with E-state index in [1.807, 2.05) is 0 Å². The van der Waals surface area contributed by atoms with Crippen molar-refractivity contribution < 1.29 is 57.0 Å². The summed E-state index contributed by atoms with van der Waals surface area (Å²) in [5, 5.41) is 0. The van der Waals surface area contributed by atoms with Crippen molar-refractivity contribution in [2.45, 2.75) is 129 Å². The zero-order chi connectivity index (χ0) is 42.8. The fraction of sp³-hybridized carbons (Fsp3) is 0.783. The van der Waals surface area contributed by atoms with Crippen LogP contribution in [0.3, 0.4) is 0 Å². The molecule has 5 atom stereocenters. The third-order valence-corrected chi connectivity index (χ3v) is 9.49. The van der Waals surface area contributed by atoms with Gasteiger partial charge >= 0.3 is 0 Å². The van der Waals surface area contributed by atoms with E-state index in [-0.39, 0.29) is 56.0 Å². The maximum atomic E-state index is 13.1. The van der Waals surface area contributed by atoms with Crippen LogP contribution in [-0.4, -0.2) is 153 Å². The van der Waals surface area contributed by atoms with E-state index in [0.717, 1.165) is 64.2 Å². The van der Waals surface area contributed by atoms with Gasteiger partial charge in [0.05, 0.1) is 89.8 Å². The summed E-state index contributed by atoms with van der Waals surface area (Å²) in [6, 6.07) is 6.90. The molecule has 2 amide bonds. The second-order valence-electron chi connectivity index (χ2n) is 15.0. The molecular weight excluding hydrogens is 759 g/mol. The monoisotopic (exact) mass is 838 g/mol. The minimum absolute atomic E-state index is 0.111. The lowest BCUT2D eigenvalue weighted by Crippen LogP contribution is -2.41. The lowest BCUT2D eigenvalue weighted by atomic mass is 10.1. The summed E-state index contributed by atoms with van der Waals surface area (Å²) in [7, 11) is 0. The number of imide groups is 1. The molecule has 0 bridgehead atoms. The van der Waals surface area contributed by atoms with E-state index >= 15 is 0 Å². The molecule has 1 heterocycles. The molecule has 13 nitrogen and oxygen atoms in total. The fourth-order valence-corrected chi connectivity index (χ4v) is 5.92. The second-order valence-corrected chi connectivity index (χ2v) is 15.0. The Morgan fingerprint density at radius 1 is 0.475 bits per heavy atom. The number of amides is 2. The van der Waals surface area contributed by atoms with Gasteiger partial charge in [0.15, 0.2) is 0 Å². The number of fused-ring (bicyclic) bond motifs is 1. The van der Waals surface area contributed by atoms with Crippen LogP contribution in [0, 0.1) is 0 Å². The molecule has 1 aromatic carbocycles. The van der Waals surface area contributed by atoms with E-state index in [9.17, 15) is 9.59 Å². The van der Waals surface area contributed by atoms with Crippen LogP contribution in [-0.2, 0) is 47.4 Å². The summed E-state index contributed by atoms with van der Waals surface area (Å²) in [6.45, 7) is 20.9. The van der Waals surface area contributed by atoms with Crippen LogP contribution in [0.2, 0.25) is 0 Å². The Balaban J connectivity index is 1.94. The number of hydrogen-bond acceptors (Lipinski definition) is 12. The normalized spacial score (nSPS) is 15.4. The Morgan fingerprint density at radius 3 is 1.07 bits per heavy atom. The average molecular weight is 838 g/mol. The first kappa shape index (κ1) is 52.8. The molecule has 0 saturated heterocycles. The number of benzene rings is 1. The van der Waals surface area contributed by atoms with E-state index < -0.39 is 6.10 Å². The van der Waals surface area contributed by atoms with Crippen molar-refractivity contribution in [1.82, 2.24) is 4.90 Å². The van der Waals surface area contributed by atoms with Crippen LogP contribution in [0.4, 0.5) is 0 Å². The van der Waals surface area contributed by atoms with Crippen molar-refractivity contribution in [3.63, 3.8) is 0 Å². The van der Waals surface area contributed by atoms with Gasteiger partial charge in [0.2, 0.25) is 0 Å². The second kappa shape index (κ2) is 35.3. The largest absolute Gasteiger partial charge is 0.376 e. The standard InChI is InChI=1S/C46H79NO12/c1-7-13-23-55-38(28-47-45(48)43-20-18-19-21-44(43)46(47)49)29-51-32-40(57-25-15-9-3)33-53-36-42(59-27-17-11-5)37-54-35-41(58-26-16-10-4)34-52-31-39(30-50-22-12-6)56-24-14-8-2/h12,18-21,38-42H,6-11,13-17,22-37H2,1-5H3. The van der Waals surface area contributed by atoms with Gasteiger partial charge in [-0.15, -0.1) is 6.58 Å². The molecule has 0 N–H and O–H groups in total. The van der Waals surface area contributed by atoms with Crippen molar-refractivity contribution in [2.24, 2.45) is 0 Å². The Labute approximate surface area is 356 Å². The number of unbranched alkanes of at least 4 members (excludes halogenated alkanes) is 5. The highest BCUT2D eigenvalue weighted by atomic mass is 16.6. The van der Waals surface area contributed by atoms with Gasteiger partial charge in [-0.2, -0.15) is 0 Å². The molecule has 5 unspecified atom stereocenters. The smallest absolute Gasteiger partial charge is 0.261 e. The zero-order valence-electron chi connectivity index (χ0n) is 37.2. The highest BCUT2D eigenvalue weighted by molar-refractivity contribution is 6.21. The van der Waals surface area contributed by atoms with E-state index in [4.69, 9.17) is 47.4 Å². The van der Waals surface area contributed by atoms with Gasteiger partial charge in [-0.3, -0.25) is 14.5 Å². The zero-order valence-corrected chi connectivity index (χ0v) is 37.2. The van der Waals surface area contributed by atoms with Gasteiger partial charge in [-0.05, 0) is 44.2 Å². The number of carbonyl (C=O) groups excluding carboxylic acids is 2. The van der Waals surface area contributed by atoms with Gasteiger partial charge in [0, 0.05) is 33.0 Å². The first-order chi connectivity index (χ1) is 28.9. The summed E-state index contributed by atoms with van der Waals surface area (Å²) in [5.74, 6) is -0.613. The number of rotatable bonds is 42. The maximum Gasteiger partial charge on any atom is 0.261 e. The quantitative estimate of drug-likeness (QED) is 0.0368. The molecular formula is C46H79NO12. The van der Waals surface area contributed by atoms with E-state index in [1.54, 1.807) is 30.3 Å². The third kappa shape index (κ3) is 23.5. The molecule has 1 aliphatic heterocycles. The molecule has 0 aliphatic carbocycles. The first-order valence-corrected chi connectivity index (χ1v) is 22.4. The Hall–Kier alpha value is -2.30. The minimum atomic E-state index is -0.480. The number of carbonyl (C=O) groups is 2. The molecule has 0 saturated carbocycles. The number of nitrogens with zero attached hydrogens (tertiary/aromatic N) is 1. The Kier molecular flexibility index (Phi) is 31.6. The van der Waals surface area contributed by atoms with Gasteiger partial charge in [0.1, 0.15) is 24.4 Å². The van der Waals surface area contributed by atoms with Crippen LogP contribution in [0.1, 0.15) is 120 Å². The fourth-order valence-electron chi connectivity index (χ4n) is 5.92. The number of ether oxygens (including phenoxy) is 10. The highest BCUT2D eigenvalue weighted by Crippen LogP contribution is 2.23. The van der Waals surface area contributed by atoms with Crippen LogP contribution in [0.25, 0.3) is 0 Å². The molecule has 1 aliphatic rings. The van der Waals surface area contributed by atoms with Crippen molar-refractivity contribution in [3.05, 3.63) is 48.0 Å². The molecule has 0 aromatic heterocycles. The van der Waals surface area contributed by atoms with Crippen LogP contribution >= 0.6 is 0 Å². The van der Waals surface area contributed by atoms with Crippen molar-refractivity contribution >= 4 is 11.8 Å². The summed E-state index contributed by atoms with van der Waals surface area (Å²) >= 11 is 0. The summed E-state index contributed by atoms with van der Waals surface area (Å²) in [6.07, 6.45) is 9.93. The topological polar surface area (TPSA) is 130 Å². The van der Waals surface area contributed by atoms with Crippen molar-refractivity contribution in [1.29, 1.82) is 0 Å². The summed E-state index contributed by atoms with van der Waals surface area (Å²) in [5.41, 5.74) is 0.838. The lowest BCUT2D eigenvalue weighted by Gasteiger charge is -2.25. The number of hydrogen-bond donors (Lipinski definition) is 0. The first-order valence-electron chi connectivity index (χ1n) is 22.4. The van der Waals surface area contributed by atoms with Gasteiger partial charge < -0.3 is 47.4 Å². The minimum Gasteiger partial charge on any atom is -0.376 e. The molecule has 59 heavy (non-hydrogen) atoms. The molecule has 0 radical (unpaired) electrons. The summed E-state index contributed by atoms with van der Waals surface area (Å²) < 4.78 is 61.0. The molecule has 1 aromatic rings. The van der Waals surface area contributed by atoms with Crippen LogP contribution < -0.4 is 0 Å². The van der Waals surface area contributed by atoms with Crippen LogP contribution in [0.15, 0.2) is 36.9 Å². The average Bonchev–Trinajstić information content (AvgIpc) is 3.47. The molecule has 340 valence electrons.